The fraction of sp³-hybridized carbons (Fsp3) is 0.0455. The molecule has 0 atom stereocenters. The summed E-state index contributed by atoms with van der Waals surface area (Å²) < 4.78 is 14.9. The van der Waals surface area contributed by atoms with Gasteiger partial charge in [-0.2, -0.15) is 5.21 Å². The number of carbonyl (C=O) groups is 2. The number of hydrogen-bond acceptors (Lipinski definition) is 6. The fourth-order valence-electron chi connectivity index (χ4n) is 3.03. The van der Waals surface area contributed by atoms with Crippen molar-refractivity contribution in [3.8, 4) is 0 Å². The van der Waals surface area contributed by atoms with Crippen LogP contribution in [0.1, 0.15) is 37.8 Å². The highest BCUT2D eigenvalue weighted by atomic mass is 19.1. The van der Waals surface area contributed by atoms with E-state index in [-0.39, 0.29) is 35.3 Å². The van der Waals surface area contributed by atoms with E-state index in [1.807, 2.05) is 0 Å². The van der Waals surface area contributed by atoms with E-state index in [0.29, 0.717) is 11.3 Å². The summed E-state index contributed by atoms with van der Waals surface area (Å²) in [5.41, 5.74) is 1.80. The van der Waals surface area contributed by atoms with E-state index in [1.165, 1.54) is 18.2 Å². The quantitative estimate of drug-likeness (QED) is 0.271. The molecule has 2 N–H and O–H groups in total. The zero-order valence-corrected chi connectivity index (χ0v) is 16.1. The van der Waals surface area contributed by atoms with E-state index in [9.17, 15) is 19.1 Å². The van der Waals surface area contributed by atoms with Gasteiger partial charge in [0.15, 0.2) is 0 Å². The molecule has 4 aromatic rings. The number of aromatic amines is 1. The van der Waals surface area contributed by atoms with E-state index in [1.54, 1.807) is 53.2 Å². The van der Waals surface area contributed by atoms with Gasteiger partial charge in [-0.3, -0.25) is 9.59 Å². The van der Waals surface area contributed by atoms with Gasteiger partial charge >= 0.3 is 0 Å². The van der Waals surface area contributed by atoms with Crippen LogP contribution in [-0.2, 0) is 6.54 Å². The number of benzene rings is 2. The van der Waals surface area contributed by atoms with Gasteiger partial charge in [0, 0.05) is 29.9 Å². The summed E-state index contributed by atoms with van der Waals surface area (Å²) in [6.45, 7) is 0.264. The Balaban J connectivity index is 1.71. The van der Waals surface area contributed by atoms with Crippen LogP contribution < -0.4 is 0 Å². The van der Waals surface area contributed by atoms with Crippen molar-refractivity contribution in [3.63, 3.8) is 0 Å². The number of H-pyrrole nitrogens is 1. The van der Waals surface area contributed by atoms with Crippen molar-refractivity contribution in [2.45, 2.75) is 6.54 Å². The molecule has 0 spiro atoms. The summed E-state index contributed by atoms with van der Waals surface area (Å²) in [5.74, 6) is -1.81. The molecule has 0 saturated heterocycles. The first-order valence-electron chi connectivity index (χ1n) is 9.24. The molecule has 2 heterocycles. The molecule has 0 aliphatic heterocycles. The lowest BCUT2D eigenvalue weighted by Gasteiger charge is -2.09. The first-order valence-corrected chi connectivity index (χ1v) is 9.24. The second kappa shape index (κ2) is 8.54. The van der Waals surface area contributed by atoms with Gasteiger partial charge in [-0.1, -0.05) is 42.5 Å². The van der Waals surface area contributed by atoms with Gasteiger partial charge < -0.3 is 9.67 Å². The van der Waals surface area contributed by atoms with Gasteiger partial charge in [-0.15, -0.1) is 10.2 Å². The van der Waals surface area contributed by atoms with Gasteiger partial charge in [0.1, 0.15) is 11.6 Å². The summed E-state index contributed by atoms with van der Waals surface area (Å²) in [7, 11) is 0. The number of aliphatic hydroxyl groups is 1. The standard InChI is InChI=1S/C22H16FN5O3/c23-17-8-6-14(7-9-17)12-28-13-16(19(29)11-20(30)22-24-26-27-25-22)10-18(28)21(31)15-4-2-1-3-5-15/h1-11,13,29H,12H2,(H,24,25,26,27). The van der Waals surface area contributed by atoms with Crippen molar-refractivity contribution < 1.29 is 19.1 Å². The topological polar surface area (TPSA) is 114 Å². The lowest BCUT2D eigenvalue weighted by Crippen LogP contribution is -2.10. The molecule has 0 amide bonds. The average molecular weight is 417 g/mol. The van der Waals surface area contributed by atoms with Crippen LogP contribution in [0.15, 0.2) is 72.9 Å². The van der Waals surface area contributed by atoms with Crippen LogP contribution in [-0.4, -0.2) is 41.9 Å². The number of ketones is 2. The minimum Gasteiger partial charge on any atom is -0.507 e. The maximum absolute atomic E-state index is 13.3. The second-order valence-electron chi connectivity index (χ2n) is 6.69. The number of carbonyl (C=O) groups excluding carboxylic acids is 2. The molecule has 31 heavy (non-hydrogen) atoms. The Hall–Kier alpha value is -4.40. The van der Waals surface area contributed by atoms with Crippen LogP contribution in [0.25, 0.3) is 5.76 Å². The predicted octanol–water partition coefficient (Wildman–Crippen LogP) is 3.20. The minimum atomic E-state index is -0.645. The van der Waals surface area contributed by atoms with Gasteiger partial charge in [-0.25, -0.2) is 4.39 Å². The molecular formula is C22H16FN5O3. The van der Waals surface area contributed by atoms with Crippen molar-refractivity contribution in [3.05, 3.63) is 107 Å². The zero-order valence-electron chi connectivity index (χ0n) is 16.1. The highest BCUT2D eigenvalue weighted by molar-refractivity contribution is 6.09. The summed E-state index contributed by atoms with van der Waals surface area (Å²) in [5, 5.41) is 23.1. The lowest BCUT2D eigenvalue weighted by atomic mass is 10.1. The first-order chi connectivity index (χ1) is 15.0. The normalized spacial score (nSPS) is 11.5. The first kappa shape index (κ1) is 19.9. The Kier molecular flexibility index (Phi) is 5.48. The number of halogens is 1. The number of rotatable bonds is 7. The number of tetrazole rings is 1. The fourth-order valence-corrected chi connectivity index (χ4v) is 3.03. The highest BCUT2D eigenvalue weighted by Crippen LogP contribution is 2.21. The summed E-state index contributed by atoms with van der Waals surface area (Å²) >= 11 is 0. The third-order valence-corrected chi connectivity index (χ3v) is 4.56. The smallest absolute Gasteiger partial charge is 0.244 e. The summed E-state index contributed by atoms with van der Waals surface area (Å²) in [6, 6.07) is 16.1. The molecule has 0 radical (unpaired) electrons. The number of allylic oxidation sites excluding steroid dienone is 1. The van der Waals surface area contributed by atoms with E-state index in [2.05, 4.69) is 20.6 Å². The number of aromatic nitrogens is 5. The molecule has 0 fully saturated rings. The molecule has 154 valence electrons. The van der Waals surface area contributed by atoms with Crippen molar-refractivity contribution in [1.82, 2.24) is 25.2 Å². The summed E-state index contributed by atoms with van der Waals surface area (Å²) in [6.07, 6.45) is 2.51. The van der Waals surface area contributed by atoms with Crippen LogP contribution in [0.3, 0.4) is 0 Å². The molecule has 9 heteroatoms. The largest absolute Gasteiger partial charge is 0.507 e. The molecule has 4 rings (SSSR count). The van der Waals surface area contributed by atoms with Gasteiger partial charge in [0.05, 0.1) is 5.69 Å². The number of nitrogens with one attached hydrogen (secondary N) is 1. The van der Waals surface area contributed by atoms with Crippen LogP contribution in [0.5, 0.6) is 0 Å². The van der Waals surface area contributed by atoms with Crippen molar-refractivity contribution in [2.75, 3.05) is 0 Å². The van der Waals surface area contributed by atoms with E-state index >= 15 is 0 Å². The molecule has 0 aliphatic rings. The van der Waals surface area contributed by atoms with E-state index in [4.69, 9.17) is 0 Å². The van der Waals surface area contributed by atoms with Crippen molar-refractivity contribution >= 4 is 17.3 Å². The van der Waals surface area contributed by atoms with Gasteiger partial charge in [0.25, 0.3) is 0 Å². The minimum absolute atomic E-state index is 0.196. The predicted molar refractivity (Wildman–Crippen MR) is 109 cm³/mol. The Labute approximate surface area is 175 Å². The molecular weight excluding hydrogens is 401 g/mol. The lowest BCUT2D eigenvalue weighted by molar-refractivity contribution is 0.102. The molecule has 2 aromatic carbocycles. The average Bonchev–Trinajstić information content (AvgIpc) is 3.46. The van der Waals surface area contributed by atoms with Crippen LogP contribution in [0.2, 0.25) is 0 Å². The van der Waals surface area contributed by atoms with Crippen molar-refractivity contribution in [2.24, 2.45) is 0 Å². The number of nitrogens with zero attached hydrogens (tertiary/aromatic N) is 4. The maximum atomic E-state index is 13.3. The number of aliphatic hydroxyl groups excluding tert-OH is 1. The SMILES string of the molecule is O=C(C=C(O)c1cc(C(=O)c2ccccc2)n(Cc2ccc(F)cc2)c1)c1nn[nH]n1. The zero-order chi connectivity index (χ0) is 21.8. The highest BCUT2D eigenvalue weighted by Gasteiger charge is 2.19. The van der Waals surface area contributed by atoms with Gasteiger partial charge in [0.2, 0.25) is 17.4 Å². The maximum Gasteiger partial charge on any atom is 0.244 e. The molecule has 2 aromatic heterocycles. The second-order valence-corrected chi connectivity index (χ2v) is 6.69. The van der Waals surface area contributed by atoms with Gasteiger partial charge in [-0.05, 0) is 29.0 Å². The van der Waals surface area contributed by atoms with Crippen LogP contribution in [0, 0.1) is 5.82 Å². The molecule has 0 unspecified atom stereocenters. The third kappa shape index (κ3) is 4.45. The van der Waals surface area contributed by atoms with Crippen molar-refractivity contribution in [1.29, 1.82) is 0 Å². The van der Waals surface area contributed by atoms with E-state index < -0.39 is 5.78 Å². The monoisotopic (exact) mass is 417 g/mol. The Morgan fingerprint density at radius 3 is 2.48 bits per heavy atom. The molecule has 0 aliphatic carbocycles. The number of hydrogen-bond donors (Lipinski definition) is 2. The third-order valence-electron chi connectivity index (χ3n) is 4.56. The Morgan fingerprint density at radius 1 is 1.06 bits per heavy atom. The Bertz CT molecular complexity index is 1250. The van der Waals surface area contributed by atoms with Crippen LogP contribution >= 0.6 is 0 Å². The molecule has 0 saturated carbocycles. The summed E-state index contributed by atoms with van der Waals surface area (Å²) in [4.78, 5) is 25.2. The molecule has 8 nitrogen and oxygen atoms in total. The van der Waals surface area contributed by atoms with E-state index in [0.717, 1.165) is 11.6 Å². The molecule has 0 bridgehead atoms. The van der Waals surface area contributed by atoms with Crippen LogP contribution in [0.4, 0.5) is 4.39 Å². The Morgan fingerprint density at radius 2 is 1.81 bits per heavy atom.